The number of benzene rings is 1. The molecule has 1 unspecified atom stereocenters. The molecular formula is C13H14N4O. The van der Waals surface area contributed by atoms with Crippen LogP contribution in [0.5, 0.6) is 0 Å². The van der Waals surface area contributed by atoms with E-state index in [1.54, 1.807) is 18.6 Å². The molecule has 0 aliphatic carbocycles. The topological polar surface area (TPSA) is 73.1 Å². The Kier molecular flexibility index (Phi) is 3.02. The van der Waals surface area contributed by atoms with Crippen molar-refractivity contribution in [3.63, 3.8) is 0 Å². The molecule has 5 heteroatoms. The van der Waals surface area contributed by atoms with Crippen molar-refractivity contribution in [2.75, 3.05) is 0 Å². The van der Waals surface area contributed by atoms with Gasteiger partial charge in [-0.2, -0.15) is 0 Å². The molecule has 3 N–H and O–H groups in total. The van der Waals surface area contributed by atoms with Gasteiger partial charge in [0.25, 0.3) is 0 Å². The third kappa shape index (κ3) is 1.99. The van der Waals surface area contributed by atoms with Crippen molar-refractivity contribution in [3.8, 4) is 0 Å². The molecular weight excluding hydrogens is 228 g/mol. The summed E-state index contributed by atoms with van der Waals surface area (Å²) in [7, 11) is 0. The average Bonchev–Trinajstić information content (AvgIpc) is 2.88. The van der Waals surface area contributed by atoms with Crippen LogP contribution in [0.15, 0.2) is 36.8 Å². The normalized spacial score (nSPS) is 15.4. The van der Waals surface area contributed by atoms with Gasteiger partial charge in [0.2, 0.25) is 0 Å². The molecule has 1 aliphatic heterocycles. The van der Waals surface area contributed by atoms with E-state index < -0.39 is 0 Å². The smallest absolute Gasteiger partial charge is 0.0897 e. The predicted molar refractivity (Wildman–Crippen MR) is 66.1 cm³/mol. The number of hydrogen-bond acceptors (Lipinski definition) is 5. The summed E-state index contributed by atoms with van der Waals surface area (Å²) in [5.74, 6) is 5.63. The van der Waals surface area contributed by atoms with Crippen LogP contribution in [0.3, 0.4) is 0 Å². The van der Waals surface area contributed by atoms with Crippen LogP contribution in [-0.4, -0.2) is 9.97 Å². The molecule has 1 aromatic carbocycles. The molecule has 0 saturated carbocycles. The van der Waals surface area contributed by atoms with E-state index in [0.717, 1.165) is 11.3 Å². The fraction of sp³-hybridized carbons (Fsp3) is 0.231. The summed E-state index contributed by atoms with van der Waals surface area (Å²) in [5, 5.41) is 0. The Hall–Kier alpha value is -1.82. The minimum Gasteiger partial charge on any atom is -0.372 e. The van der Waals surface area contributed by atoms with E-state index >= 15 is 0 Å². The lowest BCUT2D eigenvalue weighted by atomic mass is 9.99. The zero-order chi connectivity index (χ0) is 12.4. The molecule has 1 aromatic heterocycles. The summed E-state index contributed by atoms with van der Waals surface area (Å²) in [4.78, 5) is 8.35. The summed E-state index contributed by atoms with van der Waals surface area (Å²) < 4.78 is 5.41. The summed E-state index contributed by atoms with van der Waals surface area (Å²) in [6.45, 7) is 1.36. The lowest BCUT2D eigenvalue weighted by Crippen LogP contribution is -2.29. The van der Waals surface area contributed by atoms with Gasteiger partial charge in [-0.3, -0.25) is 15.8 Å². The van der Waals surface area contributed by atoms with Gasteiger partial charge in [-0.15, -0.1) is 0 Å². The van der Waals surface area contributed by atoms with Crippen molar-refractivity contribution < 1.29 is 4.74 Å². The molecule has 0 fully saturated rings. The van der Waals surface area contributed by atoms with E-state index in [-0.39, 0.29) is 6.04 Å². The second-order valence-electron chi connectivity index (χ2n) is 4.25. The molecule has 0 amide bonds. The van der Waals surface area contributed by atoms with E-state index in [2.05, 4.69) is 27.5 Å². The van der Waals surface area contributed by atoms with Crippen LogP contribution in [0.1, 0.15) is 28.4 Å². The summed E-state index contributed by atoms with van der Waals surface area (Å²) >= 11 is 0. The van der Waals surface area contributed by atoms with Gasteiger partial charge in [-0.05, 0) is 16.7 Å². The first-order valence-electron chi connectivity index (χ1n) is 5.80. The highest BCUT2D eigenvalue weighted by Crippen LogP contribution is 2.25. The maximum atomic E-state index is 5.63. The number of nitrogens with zero attached hydrogens (tertiary/aromatic N) is 2. The fourth-order valence-corrected chi connectivity index (χ4v) is 2.18. The van der Waals surface area contributed by atoms with Crippen molar-refractivity contribution in [1.82, 2.24) is 15.4 Å². The highest BCUT2D eigenvalue weighted by molar-refractivity contribution is 5.37. The molecule has 92 valence electrons. The number of fused-ring (bicyclic) bond motifs is 1. The van der Waals surface area contributed by atoms with Crippen LogP contribution in [0.2, 0.25) is 0 Å². The van der Waals surface area contributed by atoms with Crippen LogP contribution in [0, 0.1) is 0 Å². The lowest BCUT2D eigenvalue weighted by Gasteiger charge is -2.16. The van der Waals surface area contributed by atoms with Crippen LogP contribution in [0.4, 0.5) is 0 Å². The van der Waals surface area contributed by atoms with Crippen LogP contribution in [0.25, 0.3) is 0 Å². The zero-order valence-electron chi connectivity index (χ0n) is 9.84. The molecule has 1 atom stereocenters. The van der Waals surface area contributed by atoms with E-state index in [9.17, 15) is 0 Å². The van der Waals surface area contributed by atoms with Crippen molar-refractivity contribution in [2.24, 2.45) is 5.84 Å². The minimum atomic E-state index is -0.149. The molecule has 0 radical (unpaired) electrons. The molecule has 2 aromatic rings. The number of ether oxygens (including phenoxy) is 1. The van der Waals surface area contributed by atoms with Crippen molar-refractivity contribution >= 4 is 0 Å². The van der Waals surface area contributed by atoms with Gasteiger partial charge in [-0.25, -0.2) is 5.43 Å². The largest absolute Gasteiger partial charge is 0.372 e. The number of hydrogen-bond donors (Lipinski definition) is 2. The van der Waals surface area contributed by atoms with Gasteiger partial charge in [0.15, 0.2) is 0 Å². The lowest BCUT2D eigenvalue weighted by molar-refractivity contribution is 0.134. The predicted octanol–water partition coefficient (Wildman–Crippen LogP) is 1.06. The molecule has 0 saturated heterocycles. The first-order valence-corrected chi connectivity index (χ1v) is 5.80. The average molecular weight is 242 g/mol. The Bertz CT molecular complexity index is 544. The van der Waals surface area contributed by atoms with Gasteiger partial charge in [0, 0.05) is 12.4 Å². The quantitative estimate of drug-likeness (QED) is 0.622. The third-order valence-corrected chi connectivity index (χ3v) is 3.12. The van der Waals surface area contributed by atoms with Gasteiger partial charge in [0.1, 0.15) is 0 Å². The highest BCUT2D eigenvalue weighted by Gasteiger charge is 2.17. The van der Waals surface area contributed by atoms with E-state index in [0.29, 0.717) is 13.2 Å². The summed E-state index contributed by atoms with van der Waals surface area (Å²) in [6, 6.07) is 6.09. The molecule has 2 heterocycles. The molecule has 0 spiro atoms. The monoisotopic (exact) mass is 242 g/mol. The number of hydrazine groups is 1. The second kappa shape index (κ2) is 4.81. The van der Waals surface area contributed by atoms with Gasteiger partial charge in [0.05, 0.1) is 31.1 Å². The minimum absolute atomic E-state index is 0.149. The molecule has 18 heavy (non-hydrogen) atoms. The maximum absolute atomic E-state index is 5.63. The Morgan fingerprint density at radius 1 is 1.22 bits per heavy atom. The first-order chi connectivity index (χ1) is 8.88. The van der Waals surface area contributed by atoms with Gasteiger partial charge in [-0.1, -0.05) is 18.2 Å². The standard InChI is InChI=1S/C13H14N4O/c14-17-13(12-6-15-3-4-16-12)9-1-2-10-7-18-8-11(10)5-9/h1-6,13,17H,7-8,14H2. The summed E-state index contributed by atoms with van der Waals surface area (Å²) in [5.41, 5.74) is 7.12. The second-order valence-corrected chi connectivity index (χ2v) is 4.25. The Morgan fingerprint density at radius 2 is 2.11 bits per heavy atom. The SMILES string of the molecule is NNC(c1ccc2c(c1)COC2)c1cnccn1. The first kappa shape index (κ1) is 11.3. The molecule has 3 rings (SSSR count). The van der Waals surface area contributed by atoms with Crippen molar-refractivity contribution in [3.05, 3.63) is 59.2 Å². The van der Waals surface area contributed by atoms with Gasteiger partial charge < -0.3 is 4.74 Å². The Balaban J connectivity index is 1.97. The Morgan fingerprint density at radius 3 is 2.89 bits per heavy atom. The van der Waals surface area contributed by atoms with E-state index in [1.165, 1.54) is 11.1 Å². The van der Waals surface area contributed by atoms with Crippen molar-refractivity contribution in [1.29, 1.82) is 0 Å². The van der Waals surface area contributed by atoms with E-state index in [4.69, 9.17) is 10.6 Å². The number of nitrogens with two attached hydrogens (primary N) is 1. The molecule has 0 bridgehead atoms. The van der Waals surface area contributed by atoms with Gasteiger partial charge >= 0.3 is 0 Å². The van der Waals surface area contributed by atoms with Crippen LogP contribution in [-0.2, 0) is 18.0 Å². The maximum Gasteiger partial charge on any atom is 0.0897 e. The number of aromatic nitrogens is 2. The number of rotatable bonds is 3. The number of nitrogens with one attached hydrogen (secondary N) is 1. The molecule has 1 aliphatic rings. The van der Waals surface area contributed by atoms with Crippen LogP contribution >= 0.6 is 0 Å². The van der Waals surface area contributed by atoms with Crippen molar-refractivity contribution in [2.45, 2.75) is 19.3 Å². The summed E-state index contributed by atoms with van der Waals surface area (Å²) in [6.07, 6.45) is 5.03. The molecule has 5 nitrogen and oxygen atoms in total. The highest BCUT2D eigenvalue weighted by atomic mass is 16.5. The fourth-order valence-electron chi connectivity index (χ4n) is 2.18. The zero-order valence-corrected chi connectivity index (χ0v) is 9.84. The third-order valence-electron chi connectivity index (χ3n) is 3.12. The van der Waals surface area contributed by atoms with E-state index in [1.807, 2.05) is 6.07 Å². The Labute approximate surface area is 105 Å². The van der Waals surface area contributed by atoms with Crippen LogP contribution < -0.4 is 11.3 Å².